The summed E-state index contributed by atoms with van der Waals surface area (Å²) in [5, 5.41) is 0. The Morgan fingerprint density at radius 3 is 2.33 bits per heavy atom. The van der Waals surface area contributed by atoms with Crippen molar-refractivity contribution in [1.82, 2.24) is 0 Å². The predicted molar refractivity (Wildman–Crippen MR) is 55.7 cm³/mol. The SMILES string of the molecule is CCC(C)(CCl)CC1CCCC1. The molecule has 1 unspecified atom stereocenters. The van der Waals surface area contributed by atoms with Crippen LogP contribution < -0.4 is 0 Å². The summed E-state index contributed by atoms with van der Waals surface area (Å²) in [6.45, 7) is 4.59. The molecule has 0 heterocycles. The first-order valence-corrected chi connectivity index (χ1v) is 5.79. The fourth-order valence-corrected chi connectivity index (χ4v) is 2.50. The van der Waals surface area contributed by atoms with E-state index in [0.29, 0.717) is 5.41 Å². The molecular weight excluding hydrogens is 168 g/mol. The van der Waals surface area contributed by atoms with Gasteiger partial charge < -0.3 is 0 Å². The topological polar surface area (TPSA) is 0 Å². The van der Waals surface area contributed by atoms with Gasteiger partial charge in [0.05, 0.1) is 0 Å². The van der Waals surface area contributed by atoms with E-state index >= 15 is 0 Å². The molecule has 0 bridgehead atoms. The van der Waals surface area contributed by atoms with Crippen molar-refractivity contribution >= 4 is 11.6 Å². The van der Waals surface area contributed by atoms with Gasteiger partial charge in [-0.05, 0) is 24.2 Å². The van der Waals surface area contributed by atoms with E-state index < -0.39 is 0 Å². The van der Waals surface area contributed by atoms with Crippen LogP contribution in [-0.4, -0.2) is 5.88 Å². The summed E-state index contributed by atoms with van der Waals surface area (Å²) >= 11 is 5.99. The average molecular weight is 189 g/mol. The normalized spacial score (nSPS) is 24.2. The van der Waals surface area contributed by atoms with Gasteiger partial charge in [0.2, 0.25) is 0 Å². The lowest BCUT2D eigenvalue weighted by atomic mass is 9.80. The third-order valence-electron chi connectivity index (χ3n) is 3.43. The molecular formula is C11H21Cl. The zero-order chi connectivity index (χ0) is 9.03. The maximum Gasteiger partial charge on any atom is 0.0277 e. The highest BCUT2D eigenvalue weighted by atomic mass is 35.5. The molecule has 1 rings (SSSR count). The standard InChI is InChI=1S/C11H21Cl/c1-3-11(2,9-12)8-10-6-4-5-7-10/h10H,3-9H2,1-2H3. The summed E-state index contributed by atoms with van der Waals surface area (Å²) in [7, 11) is 0. The van der Waals surface area contributed by atoms with Crippen molar-refractivity contribution in [2.75, 3.05) is 5.88 Å². The number of halogens is 1. The number of rotatable bonds is 4. The van der Waals surface area contributed by atoms with Crippen LogP contribution in [0.25, 0.3) is 0 Å². The highest BCUT2D eigenvalue weighted by molar-refractivity contribution is 6.18. The van der Waals surface area contributed by atoms with Gasteiger partial charge in [0.1, 0.15) is 0 Å². The van der Waals surface area contributed by atoms with Crippen molar-refractivity contribution in [2.45, 2.75) is 52.4 Å². The Hall–Kier alpha value is 0.290. The minimum Gasteiger partial charge on any atom is -0.126 e. The molecule has 0 saturated heterocycles. The maximum absolute atomic E-state index is 5.99. The van der Waals surface area contributed by atoms with Gasteiger partial charge in [-0.15, -0.1) is 11.6 Å². The van der Waals surface area contributed by atoms with Gasteiger partial charge in [0.25, 0.3) is 0 Å². The van der Waals surface area contributed by atoms with E-state index in [1.807, 2.05) is 0 Å². The zero-order valence-corrected chi connectivity index (χ0v) is 9.16. The lowest BCUT2D eigenvalue weighted by molar-refractivity contribution is 0.263. The highest BCUT2D eigenvalue weighted by Crippen LogP contribution is 2.38. The first-order chi connectivity index (χ1) is 5.70. The fraction of sp³-hybridized carbons (Fsp3) is 1.00. The Bertz CT molecular complexity index is 121. The number of hydrogen-bond donors (Lipinski definition) is 0. The molecule has 1 fully saturated rings. The van der Waals surface area contributed by atoms with Crippen LogP contribution in [-0.2, 0) is 0 Å². The molecule has 1 atom stereocenters. The van der Waals surface area contributed by atoms with Crippen LogP contribution in [0.1, 0.15) is 52.4 Å². The Morgan fingerprint density at radius 1 is 1.33 bits per heavy atom. The predicted octanol–water partition coefficient (Wildman–Crippen LogP) is 4.22. The molecule has 72 valence electrons. The average Bonchev–Trinajstić information content (AvgIpc) is 2.57. The van der Waals surface area contributed by atoms with E-state index in [1.165, 1.54) is 38.5 Å². The fourth-order valence-electron chi connectivity index (χ4n) is 2.20. The van der Waals surface area contributed by atoms with Crippen molar-refractivity contribution in [2.24, 2.45) is 11.3 Å². The first-order valence-electron chi connectivity index (χ1n) is 5.26. The van der Waals surface area contributed by atoms with Crippen LogP contribution in [0.3, 0.4) is 0 Å². The van der Waals surface area contributed by atoms with Crippen LogP contribution in [0, 0.1) is 11.3 Å². The number of alkyl halides is 1. The van der Waals surface area contributed by atoms with Crippen molar-refractivity contribution in [3.05, 3.63) is 0 Å². The number of hydrogen-bond acceptors (Lipinski definition) is 0. The third-order valence-corrected chi connectivity index (χ3v) is 4.08. The van der Waals surface area contributed by atoms with E-state index in [9.17, 15) is 0 Å². The van der Waals surface area contributed by atoms with E-state index in [-0.39, 0.29) is 0 Å². The van der Waals surface area contributed by atoms with E-state index in [2.05, 4.69) is 13.8 Å². The van der Waals surface area contributed by atoms with Crippen LogP contribution in [0.15, 0.2) is 0 Å². The van der Waals surface area contributed by atoms with Gasteiger partial charge >= 0.3 is 0 Å². The minimum atomic E-state index is 0.413. The van der Waals surface area contributed by atoms with Crippen molar-refractivity contribution < 1.29 is 0 Å². The molecule has 1 saturated carbocycles. The molecule has 1 aliphatic carbocycles. The molecule has 12 heavy (non-hydrogen) atoms. The molecule has 1 heteroatoms. The molecule has 0 aromatic heterocycles. The molecule has 0 nitrogen and oxygen atoms in total. The quantitative estimate of drug-likeness (QED) is 0.580. The molecule has 0 aromatic carbocycles. The maximum atomic E-state index is 5.99. The monoisotopic (exact) mass is 188 g/mol. The first kappa shape index (κ1) is 10.4. The van der Waals surface area contributed by atoms with Gasteiger partial charge in [-0.2, -0.15) is 0 Å². The van der Waals surface area contributed by atoms with Gasteiger partial charge in [0, 0.05) is 5.88 Å². The van der Waals surface area contributed by atoms with Gasteiger partial charge in [-0.3, -0.25) is 0 Å². The van der Waals surface area contributed by atoms with Crippen LogP contribution in [0.4, 0.5) is 0 Å². The molecule has 0 amide bonds. The molecule has 0 aromatic rings. The summed E-state index contributed by atoms with van der Waals surface area (Å²) in [6.07, 6.45) is 8.39. The summed E-state index contributed by atoms with van der Waals surface area (Å²) < 4.78 is 0. The van der Waals surface area contributed by atoms with Gasteiger partial charge in [-0.1, -0.05) is 39.5 Å². The Kier molecular flexibility index (Phi) is 3.89. The van der Waals surface area contributed by atoms with E-state index in [1.54, 1.807) is 0 Å². The lowest BCUT2D eigenvalue weighted by Crippen LogP contribution is -2.20. The second-order valence-electron chi connectivity index (χ2n) is 4.65. The molecule has 0 N–H and O–H groups in total. The summed E-state index contributed by atoms with van der Waals surface area (Å²) in [6, 6.07) is 0. The zero-order valence-electron chi connectivity index (χ0n) is 8.41. The Labute approximate surface area is 81.7 Å². The third kappa shape index (κ3) is 2.65. The smallest absolute Gasteiger partial charge is 0.0277 e. The van der Waals surface area contributed by atoms with Crippen LogP contribution >= 0.6 is 11.6 Å². The molecule has 0 radical (unpaired) electrons. The minimum absolute atomic E-state index is 0.413. The second-order valence-corrected chi connectivity index (χ2v) is 4.92. The largest absolute Gasteiger partial charge is 0.126 e. The Morgan fingerprint density at radius 2 is 1.92 bits per heavy atom. The second kappa shape index (κ2) is 4.50. The molecule has 0 spiro atoms. The van der Waals surface area contributed by atoms with Crippen molar-refractivity contribution in [3.63, 3.8) is 0 Å². The van der Waals surface area contributed by atoms with Gasteiger partial charge in [0.15, 0.2) is 0 Å². The van der Waals surface area contributed by atoms with Gasteiger partial charge in [-0.25, -0.2) is 0 Å². The van der Waals surface area contributed by atoms with Crippen LogP contribution in [0.2, 0.25) is 0 Å². The van der Waals surface area contributed by atoms with E-state index in [0.717, 1.165) is 11.8 Å². The van der Waals surface area contributed by atoms with Crippen molar-refractivity contribution in [3.8, 4) is 0 Å². The summed E-state index contributed by atoms with van der Waals surface area (Å²) in [5.74, 6) is 1.81. The van der Waals surface area contributed by atoms with Crippen LogP contribution in [0.5, 0.6) is 0 Å². The van der Waals surface area contributed by atoms with Crippen molar-refractivity contribution in [1.29, 1.82) is 0 Å². The lowest BCUT2D eigenvalue weighted by Gasteiger charge is -2.28. The summed E-state index contributed by atoms with van der Waals surface area (Å²) in [4.78, 5) is 0. The molecule has 1 aliphatic rings. The van der Waals surface area contributed by atoms with E-state index in [4.69, 9.17) is 11.6 Å². The molecule has 0 aliphatic heterocycles. The Balaban J connectivity index is 2.35. The summed E-state index contributed by atoms with van der Waals surface area (Å²) in [5.41, 5.74) is 0.413. The highest BCUT2D eigenvalue weighted by Gasteiger charge is 2.27.